The Bertz CT molecular complexity index is 3500. The summed E-state index contributed by atoms with van der Waals surface area (Å²) < 4.78 is 39.5. The zero-order valence-electron chi connectivity index (χ0n) is 55.6. The van der Waals surface area contributed by atoms with Gasteiger partial charge in [0.1, 0.15) is 33.9 Å². The van der Waals surface area contributed by atoms with Gasteiger partial charge in [-0.2, -0.15) is 0 Å². The third-order valence-corrected chi connectivity index (χ3v) is 17.3. The zero-order valence-corrected chi connectivity index (χ0v) is 57.1. The highest BCUT2D eigenvalue weighted by Gasteiger charge is 2.44. The van der Waals surface area contributed by atoms with Crippen molar-refractivity contribution >= 4 is 75.2 Å². The molecule has 496 valence electrons. The molecule has 0 radical (unpaired) electrons. The molecule has 2 unspecified atom stereocenters. The van der Waals surface area contributed by atoms with Crippen LogP contribution >= 0.6 is 23.2 Å². The van der Waals surface area contributed by atoms with Crippen molar-refractivity contribution in [2.24, 2.45) is 0 Å². The van der Waals surface area contributed by atoms with Crippen molar-refractivity contribution in [2.75, 3.05) is 52.5 Å². The van der Waals surface area contributed by atoms with E-state index in [0.717, 1.165) is 86.9 Å². The molecule has 21 heteroatoms. The number of amides is 2. The van der Waals surface area contributed by atoms with E-state index < -0.39 is 58.9 Å². The van der Waals surface area contributed by atoms with E-state index in [-0.39, 0.29) is 55.2 Å². The number of ether oxygens (including phenoxy) is 6. The first-order valence-electron chi connectivity index (χ1n) is 32.6. The molecule has 2 saturated heterocycles. The van der Waals surface area contributed by atoms with Crippen molar-refractivity contribution in [3.63, 3.8) is 0 Å². The molecule has 10 rings (SSSR count). The fourth-order valence-corrected chi connectivity index (χ4v) is 13.3. The molecule has 2 aromatic heterocycles. The monoisotopic (exact) mass is 1300 g/mol. The predicted octanol–water partition coefficient (Wildman–Crippen LogP) is 14.9. The summed E-state index contributed by atoms with van der Waals surface area (Å²) in [7, 11) is 0. The number of piperidine rings is 2. The number of Topliss-reactive ketones (excluding diaryl/α,β-unsaturated/α-hetero) is 1. The van der Waals surface area contributed by atoms with E-state index in [1.54, 1.807) is 62.8 Å². The molecule has 2 fully saturated rings. The van der Waals surface area contributed by atoms with Gasteiger partial charge in [0.05, 0.1) is 57.8 Å². The lowest BCUT2D eigenvalue weighted by atomic mass is 9.87. The van der Waals surface area contributed by atoms with Crippen LogP contribution in [0.5, 0.6) is 11.5 Å². The first-order chi connectivity index (χ1) is 43.5. The Labute approximate surface area is 550 Å². The van der Waals surface area contributed by atoms with Crippen LogP contribution in [0.1, 0.15) is 180 Å². The van der Waals surface area contributed by atoms with E-state index in [2.05, 4.69) is 55.3 Å². The summed E-state index contributed by atoms with van der Waals surface area (Å²) in [5.41, 5.74) is 4.58. The van der Waals surface area contributed by atoms with Gasteiger partial charge in [0.25, 0.3) is 0 Å². The highest BCUT2D eigenvalue weighted by atomic mass is 35.5. The molecular weight excluding hydrogens is 1210 g/mol. The summed E-state index contributed by atoms with van der Waals surface area (Å²) in [6.07, 6.45) is 5.49. The smallest absolute Gasteiger partial charge is 0.419 e. The fraction of sp³-hybridized carbons (Fsp3) is 0.535. The number of hydrogen-bond acceptors (Lipinski definition) is 15. The Balaban J connectivity index is 1.09. The van der Waals surface area contributed by atoms with Crippen molar-refractivity contribution in [1.82, 2.24) is 40.2 Å². The lowest BCUT2D eigenvalue weighted by Gasteiger charge is -2.26. The average Bonchev–Trinajstić information content (AvgIpc) is 1.56. The van der Waals surface area contributed by atoms with Gasteiger partial charge in [0.2, 0.25) is 0 Å². The van der Waals surface area contributed by atoms with E-state index in [1.807, 2.05) is 65.8 Å². The molecular formula is C71H92Cl2N8O11. The molecule has 4 aliphatic rings. The van der Waals surface area contributed by atoms with Crippen LogP contribution in [0.15, 0.2) is 60.7 Å². The molecule has 6 aromatic rings. The quantitative estimate of drug-likeness (QED) is 0.0467. The van der Waals surface area contributed by atoms with Crippen LogP contribution in [-0.2, 0) is 49.9 Å². The number of carbonyl (C=O) groups excluding carboxylic acids is 5. The van der Waals surface area contributed by atoms with E-state index in [9.17, 15) is 19.2 Å². The van der Waals surface area contributed by atoms with Crippen molar-refractivity contribution in [2.45, 2.75) is 195 Å². The van der Waals surface area contributed by atoms with Gasteiger partial charge >= 0.3 is 24.4 Å². The highest BCUT2D eigenvalue weighted by molar-refractivity contribution is 6.34. The summed E-state index contributed by atoms with van der Waals surface area (Å²) in [6.45, 7) is 28.4. The van der Waals surface area contributed by atoms with Crippen LogP contribution in [0, 0.1) is 0 Å². The first kappa shape index (κ1) is 68.0. The van der Waals surface area contributed by atoms with E-state index >= 15 is 4.79 Å². The van der Waals surface area contributed by atoms with Gasteiger partial charge in [-0.15, -0.1) is 0 Å². The number of halogens is 2. The molecule has 2 amide bonds. The second-order valence-electron chi connectivity index (χ2n) is 28.7. The number of ketones is 1. The molecule has 2 atom stereocenters. The van der Waals surface area contributed by atoms with Crippen LogP contribution in [0.4, 0.5) is 19.2 Å². The molecule has 6 heterocycles. The molecule has 0 bridgehead atoms. The lowest BCUT2D eigenvalue weighted by Crippen LogP contribution is -2.33. The highest BCUT2D eigenvalue weighted by Crippen LogP contribution is 2.50. The van der Waals surface area contributed by atoms with Gasteiger partial charge in [-0.1, -0.05) is 48.2 Å². The molecule has 19 nitrogen and oxygen atoms in total. The third-order valence-electron chi connectivity index (χ3n) is 16.5. The average molecular weight is 1300 g/mol. The Morgan fingerprint density at radius 3 is 1.23 bits per heavy atom. The van der Waals surface area contributed by atoms with Crippen molar-refractivity contribution < 1.29 is 52.4 Å². The Morgan fingerprint density at radius 2 is 0.870 bits per heavy atom. The molecule has 4 N–H and O–H groups in total. The number of carbonyl (C=O) groups is 5. The summed E-state index contributed by atoms with van der Waals surface area (Å²) >= 11 is 15.0. The largest absolute Gasteiger partial charge is 0.492 e. The van der Waals surface area contributed by atoms with Gasteiger partial charge in [-0.05, 0) is 230 Å². The number of nitrogens with zero attached hydrogens (tertiary/aromatic N) is 4. The standard InChI is InChI=1S/C71H92Cl2N8O11/c1-68(2,3)89-64(83)74-25-19-31-87-55-37-47(53-35-45-33-43(41-78-27-15-13-16-28-78)21-23-51(45)80(53)66(85)91-70(7,8)9)57-49(59(55)72)39-76-61(57)63(82)62-58-48(38-56(60(73)50(58)40-77-62)88-32-20-26-75-65(84)90-69(4,5)6)54-36-46-34-44(42-79-29-17-14-18-30-79)22-24-52(46)81(54)67(86)92-71(10,11)12/h21-24,33-38,61-62,76-77H,13-20,25-32,39-42H2,1-12H3,(H,74,83)(H,75,84). The van der Waals surface area contributed by atoms with Crippen LogP contribution in [0.3, 0.4) is 0 Å². The molecule has 92 heavy (non-hydrogen) atoms. The maximum atomic E-state index is 16.4. The summed E-state index contributed by atoms with van der Waals surface area (Å²) in [5.74, 6) is 0.355. The maximum Gasteiger partial charge on any atom is 0.419 e. The van der Waals surface area contributed by atoms with Crippen molar-refractivity contribution in [3.05, 3.63) is 104 Å². The SMILES string of the molecule is CC(C)(C)OC(=O)NCCCOc1cc(-c2cc3cc(CN4CCCCC4)ccc3n2C(=O)OC(C)(C)C)c2c(c1Cl)CNC2C(=O)C1NCc2c(Cl)c(OCCCNC(=O)OC(C)(C)C)cc(-c3cc4cc(CN5CCCCC5)ccc4n3C(=O)OC(C)(C)C)c21. The van der Waals surface area contributed by atoms with Crippen LogP contribution in [0.25, 0.3) is 44.3 Å². The van der Waals surface area contributed by atoms with E-state index in [1.165, 1.54) is 12.8 Å². The van der Waals surface area contributed by atoms with E-state index in [0.29, 0.717) is 80.1 Å². The van der Waals surface area contributed by atoms with Gasteiger partial charge in [0, 0.05) is 61.2 Å². The Morgan fingerprint density at radius 1 is 0.500 bits per heavy atom. The number of nitrogens with one attached hydrogen (secondary N) is 4. The first-order valence-corrected chi connectivity index (χ1v) is 33.4. The predicted molar refractivity (Wildman–Crippen MR) is 359 cm³/mol. The lowest BCUT2D eigenvalue weighted by molar-refractivity contribution is -0.123. The second kappa shape index (κ2) is 28.0. The molecule has 0 saturated carbocycles. The topological polar surface area (TPSA) is 205 Å². The molecule has 0 spiro atoms. The molecule has 4 aromatic carbocycles. The normalized spacial score (nSPS) is 17.3. The minimum atomic E-state index is -1.04. The summed E-state index contributed by atoms with van der Waals surface area (Å²) in [5, 5.41) is 14.9. The summed E-state index contributed by atoms with van der Waals surface area (Å²) in [4.78, 5) is 76.3. The maximum absolute atomic E-state index is 16.4. The number of alkyl carbamates (subject to hydrolysis) is 2. The number of rotatable bonds is 18. The zero-order chi connectivity index (χ0) is 66.0. The number of hydrogen-bond donors (Lipinski definition) is 4. The van der Waals surface area contributed by atoms with Gasteiger partial charge < -0.3 is 39.1 Å². The number of benzene rings is 4. The Hall–Kier alpha value is -6.87. The fourth-order valence-electron chi connectivity index (χ4n) is 12.7. The number of aromatic nitrogens is 2. The van der Waals surface area contributed by atoms with E-state index in [4.69, 9.17) is 51.6 Å². The summed E-state index contributed by atoms with van der Waals surface area (Å²) in [6, 6.07) is 17.7. The van der Waals surface area contributed by atoms with Gasteiger partial charge in [-0.25, -0.2) is 28.3 Å². The van der Waals surface area contributed by atoms with Gasteiger partial charge in [-0.3, -0.25) is 25.2 Å². The van der Waals surface area contributed by atoms with Crippen LogP contribution in [-0.4, -0.2) is 124 Å². The number of fused-ring (bicyclic) bond motifs is 4. The van der Waals surface area contributed by atoms with Crippen LogP contribution in [0.2, 0.25) is 10.0 Å². The minimum absolute atomic E-state index is 0.150. The number of likely N-dealkylation sites (tertiary alicyclic amines) is 2. The third kappa shape index (κ3) is 16.4. The van der Waals surface area contributed by atoms with Gasteiger partial charge in [0.15, 0.2) is 5.78 Å². The minimum Gasteiger partial charge on any atom is -0.492 e. The second-order valence-corrected chi connectivity index (χ2v) is 29.5. The Kier molecular flexibility index (Phi) is 20.7. The van der Waals surface area contributed by atoms with Crippen molar-refractivity contribution in [1.29, 1.82) is 0 Å². The molecule has 4 aliphatic heterocycles. The van der Waals surface area contributed by atoms with Crippen molar-refractivity contribution in [3.8, 4) is 34.0 Å². The van der Waals surface area contributed by atoms with Crippen LogP contribution < -0.4 is 30.7 Å². The molecule has 0 aliphatic carbocycles.